The van der Waals surface area contributed by atoms with Gasteiger partial charge in [-0.15, -0.1) is 0 Å². The van der Waals surface area contributed by atoms with Crippen molar-refractivity contribution >= 4 is 11.8 Å². The Bertz CT molecular complexity index is 738. The van der Waals surface area contributed by atoms with Gasteiger partial charge >= 0.3 is 0 Å². The predicted molar refractivity (Wildman–Crippen MR) is 87.9 cm³/mol. The van der Waals surface area contributed by atoms with Gasteiger partial charge in [0.1, 0.15) is 11.6 Å². The summed E-state index contributed by atoms with van der Waals surface area (Å²) in [5.74, 6) is -3.14. The highest BCUT2D eigenvalue weighted by molar-refractivity contribution is 5.96. The van der Waals surface area contributed by atoms with Crippen LogP contribution >= 0.6 is 0 Å². The molecule has 3 N–H and O–H groups in total. The number of benzene rings is 2. The molecule has 0 aromatic heterocycles. The third-order valence-electron chi connectivity index (χ3n) is 3.43. The normalized spacial score (nSPS) is 11.6. The Morgan fingerprint density at radius 3 is 2.44 bits per heavy atom. The topological polar surface area (TPSA) is 78.4 Å². The summed E-state index contributed by atoms with van der Waals surface area (Å²) in [7, 11) is 0. The molecule has 0 aliphatic carbocycles. The van der Waals surface area contributed by atoms with Crippen LogP contribution in [0.4, 0.5) is 8.78 Å². The van der Waals surface area contributed by atoms with Crippen LogP contribution in [-0.4, -0.2) is 36.1 Å². The number of hydrogen-bond donors (Lipinski definition) is 3. The third-order valence-corrected chi connectivity index (χ3v) is 3.43. The van der Waals surface area contributed by atoms with Crippen molar-refractivity contribution in [3.63, 3.8) is 0 Å². The lowest BCUT2D eigenvalue weighted by molar-refractivity contribution is -0.120. The summed E-state index contributed by atoms with van der Waals surface area (Å²) < 4.78 is 26.2. The summed E-state index contributed by atoms with van der Waals surface area (Å²) in [5, 5.41) is 14.6. The molecule has 0 saturated carbocycles. The minimum atomic E-state index is -1.00. The van der Waals surface area contributed by atoms with Gasteiger partial charge in [0.05, 0.1) is 18.2 Å². The van der Waals surface area contributed by atoms with Crippen LogP contribution in [-0.2, 0) is 11.2 Å². The van der Waals surface area contributed by atoms with Crippen molar-refractivity contribution in [2.75, 3.05) is 13.1 Å². The molecule has 7 heteroatoms. The summed E-state index contributed by atoms with van der Waals surface area (Å²) in [4.78, 5) is 23.4. The molecule has 1 unspecified atom stereocenters. The molecule has 2 aromatic rings. The van der Waals surface area contributed by atoms with Gasteiger partial charge < -0.3 is 15.7 Å². The fourth-order valence-corrected chi connectivity index (χ4v) is 2.18. The lowest BCUT2D eigenvalue weighted by Crippen LogP contribution is -2.40. The van der Waals surface area contributed by atoms with Crippen molar-refractivity contribution in [1.82, 2.24) is 10.6 Å². The predicted octanol–water partition coefficient (Wildman–Crippen LogP) is 1.41. The molecule has 5 nitrogen and oxygen atoms in total. The number of halogens is 2. The smallest absolute Gasteiger partial charge is 0.254 e. The number of aliphatic hydroxyl groups is 1. The molecular formula is C18H18F2N2O3. The van der Waals surface area contributed by atoms with Crippen molar-refractivity contribution in [3.05, 3.63) is 71.3 Å². The van der Waals surface area contributed by atoms with E-state index in [0.29, 0.717) is 12.5 Å². The Hall–Kier alpha value is -2.80. The van der Waals surface area contributed by atoms with E-state index in [1.807, 2.05) is 30.3 Å². The molecule has 2 amide bonds. The van der Waals surface area contributed by atoms with E-state index in [1.165, 1.54) is 0 Å². The molecule has 132 valence electrons. The largest absolute Gasteiger partial charge is 0.391 e. The van der Waals surface area contributed by atoms with Crippen LogP contribution in [0.25, 0.3) is 0 Å². The standard InChI is InChI=1S/C18H18F2N2O3/c19-13-6-7-15(16(20)9-13)18(25)22-11-17(24)21-10-14(23)8-12-4-2-1-3-5-12/h1-7,9,14,23H,8,10-11H2,(H,21,24)(H,22,25). The van der Waals surface area contributed by atoms with Crippen molar-refractivity contribution in [1.29, 1.82) is 0 Å². The molecule has 2 aromatic carbocycles. The van der Waals surface area contributed by atoms with Crippen LogP contribution in [0.1, 0.15) is 15.9 Å². The van der Waals surface area contributed by atoms with Crippen molar-refractivity contribution in [2.24, 2.45) is 0 Å². The van der Waals surface area contributed by atoms with Gasteiger partial charge in [-0.05, 0) is 17.7 Å². The fraction of sp³-hybridized carbons (Fsp3) is 0.222. The molecule has 1 atom stereocenters. The quantitative estimate of drug-likeness (QED) is 0.708. The second-order valence-electron chi connectivity index (χ2n) is 5.45. The number of carbonyl (C=O) groups is 2. The highest BCUT2D eigenvalue weighted by atomic mass is 19.1. The number of carbonyl (C=O) groups excluding carboxylic acids is 2. The summed E-state index contributed by atoms with van der Waals surface area (Å²) in [5.41, 5.74) is 0.586. The average Bonchev–Trinajstić information content (AvgIpc) is 2.58. The Morgan fingerprint density at radius 1 is 1.04 bits per heavy atom. The molecule has 0 bridgehead atoms. The van der Waals surface area contributed by atoms with E-state index in [4.69, 9.17) is 0 Å². The van der Waals surface area contributed by atoms with E-state index in [9.17, 15) is 23.5 Å². The monoisotopic (exact) mass is 348 g/mol. The van der Waals surface area contributed by atoms with E-state index in [1.54, 1.807) is 0 Å². The van der Waals surface area contributed by atoms with Crippen LogP contribution in [0.2, 0.25) is 0 Å². The van der Waals surface area contributed by atoms with Crippen LogP contribution in [0, 0.1) is 11.6 Å². The summed E-state index contributed by atoms with van der Waals surface area (Å²) in [6, 6.07) is 11.8. The Kier molecular flexibility index (Phi) is 6.59. The molecule has 0 heterocycles. The minimum absolute atomic E-state index is 0.0223. The Balaban J connectivity index is 1.74. The van der Waals surface area contributed by atoms with Crippen LogP contribution in [0.5, 0.6) is 0 Å². The first-order valence-corrected chi connectivity index (χ1v) is 7.67. The molecule has 0 aliphatic heterocycles. The van der Waals surface area contributed by atoms with Gasteiger partial charge in [0.15, 0.2) is 0 Å². The van der Waals surface area contributed by atoms with Gasteiger partial charge in [0.25, 0.3) is 5.91 Å². The van der Waals surface area contributed by atoms with Crippen molar-refractivity contribution in [2.45, 2.75) is 12.5 Å². The highest BCUT2D eigenvalue weighted by Gasteiger charge is 2.14. The summed E-state index contributed by atoms with van der Waals surface area (Å²) in [6.45, 7) is -0.359. The van der Waals surface area contributed by atoms with E-state index in [2.05, 4.69) is 10.6 Å². The van der Waals surface area contributed by atoms with Gasteiger partial charge in [-0.25, -0.2) is 8.78 Å². The zero-order valence-corrected chi connectivity index (χ0v) is 13.3. The molecule has 0 aliphatic rings. The molecule has 0 saturated heterocycles. The Labute approximate surface area is 143 Å². The number of aliphatic hydroxyl groups excluding tert-OH is 1. The second-order valence-corrected chi connectivity index (χ2v) is 5.45. The van der Waals surface area contributed by atoms with Crippen LogP contribution in [0.3, 0.4) is 0 Å². The Morgan fingerprint density at radius 2 is 1.76 bits per heavy atom. The number of amides is 2. The van der Waals surface area contributed by atoms with Crippen molar-refractivity contribution < 1.29 is 23.5 Å². The SMILES string of the molecule is O=C(CNC(=O)c1ccc(F)cc1F)NCC(O)Cc1ccccc1. The van der Waals surface area contributed by atoms with E-state index in [0.717, 1.165) is 17.7 Å². The molecule has 0 spiro atoms. The van der Waals surface area contributed by atoms with Gasteiger partial charge in [0.2, 0.25) is 5.91 Å². The first-order valence-electron chi connectivity index (χ1n) is 7.67. The molecule has 0 radical (unpaired) electrons. The fourth-order valence-electron chi connectivity index (χ4n) is 2.18. The maximum atomic E-state index is 13.5. The third kappa shape index (κ3) is 5.96. The van der Waals surface area contributed by atoms with E-state index >= 15 is 0 Å². The highest BCUT2D eigenvalue weighted by Crippen LogP contribution is 2.09. The van der Waals surface area contributed by atoms with E-state index < -0.39 is 29.6 Å². The number of rotatable bonds is 7. The lowest BCUT2D eigenvalue weighted by atomic mass is 10.1. The van der Waals surface area contributed by atoms with Crippen LogP contribution < -0.4 is 10.6 Å². The lowest BCUT2D eigenvalue weighted by Gasteiger charge is -2.12. The van der Waals surface area contributed by atoms with Gasteiger partial charge in [-0.3, -0.25) is 9.59 Å². The van der Waals surface area contributed by atoms with Gasteiger partial charge in [-0.2, -0.15) is 0 Å². The summed E-state index contributed by atoms with van der Waals surface area (Å²) in [6.07, 6.45) is -0.384. The van der Waals surface area contributed by atoms with Crippen molar-refractivity contribution in [3.8, 4) is 0 Å². The molecule has 25 heavy (non-hydrogen) atoms. The number of hydrogen-bond acceptors (Lipinski definition) is 3. The maximum Gasteiger partial charge on any atom is 0.254 e. The first-order chi connectivity index (χ1) is 12.0. The number of nitrogens with one attached hydrogen (secondary N) is 2. The van der Waals surface area contributed by atoms with Gasteiger partial charge in [0, 0.05) is 19.0 Å². The second kappa shape index (κ2) is 8.89. The maximum absolute atomic E-state index is 13.5. The van der Waals surface area contributed by atoms with Gasteiger partial charge in [-0.1, -0.05) is 30.3 Å². The average molecular weight is 348 g/mol. The zero-order chi connectivity index (χ0) is 18.2. The molecular weight excluding hydrogens is 330 g/mol. The molecule has 0 fully saturated rings. The zero-order valence-electron chi connectivity index (χ0n) is 13.3. The minimum Gasteiger partial charge on any atom is -0.391 e. The first kappa shape index (κ1) is 18.5. The summed E-state index contributed by atoms with van der Waals surface area (Å²) >= 11 is 0. The van der Waals surface area contributed by atoms with Crippen LogP contribution in [0.15, 0.2) is 48.5 Å². The molecule has 2 rings (SSSR count). The van der Waals surface area contributed by atoms with E-state index in [-0.39, 0.29) is 18.7 Å².